The Hall–Kier alpha value is -1.36. The fourth-order valence-corrected chi connectivity index (χ4v) is 1.58. The first-order valence-electron chi connectivity index (χ1n) is 5.71. The lowest BCUT2D eigenvalue weighted by molar-refractivity contribution is 0.383. The third-order valence-electron chi connectivity index (χ3n) is 2.69. The molecule has 1 saturated carbocycles. The number of halogens is 2. The van der Waals surface area contributed by atoms with Gasteiger partial charge in [-0.2, -0.15) is 0 Å². The maximum atomic E-state index is 13.5. The quantitative estimate of drug-likeness (QED) is 0.750. The van der Waals surface area contributed by atoms with Gasteiger partial charge in [-0.05, 0) is 12.8 Å². The molecule has 0 aliphatic heterocycles. The molecule has 0 atom stereocenters. The molecule has 0 radical (unpaired) electrons. The van der Waals surface area contributed by atoms with Gasteiger partial charge >= 0.3 is 0 Å². The molecule has 1 aromatic rings. The van der Waals surface area contributed by atoms with Gasteiger partial charge in [0.15, 0.2) is 11.6 Å². The largest absolute Gasteiger partial charge is 0.494 e. The van der Waals surface area contributed by atoms with Crippen LogP contribution in [0, 0.1) is 11.6 Å². The molecule has 1 aliphatic rings. The fraction of sp³-hybridized carbons (Fsp3) is 0.500. The highest BCUT2D eigenvalue weighted by Gasteiger charge is 2.19. The molecule has 0 amide bonds. The van der Waals surface area contributed by atoms with E-state index in [1.165, 1.54) is 20.0 Å². The van der Waals surface area contributed by atoms with Gasteiger partial charge in [0.1, 0.15) is 5.82 Å². The molecular formula is C12H16F2N2O. The van der Waals surface area contributed by atoms with Gasteiger partial charge in [-0.15, -0.1) is 0 Å². The van der Waals surface area contributed by atoms with Crippen molar-refractivity contribution in [2.24, 2.45) is 0 Å². The highest BCUT2D eigenvalue weighted by Crippen LogP contribution is 2.24. The van der Waals surface area contributed by atoms with Crippen LogP contribution >= 0.6 is 0 Å². The van der Waals surface area contributed by atoms with E-state index in [0.717, 1.165) is 18.7 Å². The second-order valence-corrected chi connectivity index (χ2v) is 4.12. The lowest BCUT2D eigenvalue weighted by atomic mass is 10.2. The summed E-state index contributed by atoms with van der Waals surface area (Å²) in [6.45, 7) is 1.32. The van der Waals surface area contributed by atoms with Gasteiger partial charge in [0.25, 0.3) is 0 Å². The number of methoxy groups -OCH3 is 1. The van der Waals surface area contributed by atoms with E-state index in [-0.39, 0.29) is 11.4 Å². The van der Waals surface area contributed by atoms with Crippen LogP contribution in [0.5, 0.6) is 5.75 Å². The van der Waals surface area contributed by atoms with Crippen LogP contribution in [0.3, 0.4) is 0 Å². The molecule has 1 fully saturated rings. The molecule has 2 N–H and O–H groups in total. The predicted octanol–water partition coefficient (Wildman–Crippen LogP) is 2.14. The van der Waals surface area contributed by atoms with Gasteiger partial charge in [-0.1, -0.05) is 0 Å². The minimum atomic E-state index is -0.563. The Bertz CT molecular complexity index is 394. The average molecular weight is 242 g/mol. The van der Waals surface area contributed by atoms with Crippen molar-refractivity contribution in [2.75, 3.05) is 25.5 Å². The number of ether oxygens (including phenoxy) is 1. The molecule has 0 heterocycles. The summed E-state index contributed by atoms with van der Waals surface area (Å²) in [4.78, 5) is 0. The molecule has 0 aromatic heterocycles. The van der Waals surface area contributed by atoms with Gasteiger partial charge < -0.3 is 15.4 Å². The second-order valence-electron chi connectivity index (χ2n) is 4.12. The van der Waals surface area contributed by atoms with Gasteiger partial charge in [0.05, 0.1) is 12.8 Å². The van der Waals surface area contributed by atoms with Crippen molar-refractivity contribution in [3.8, 4) is 5.75 Å². The molecular weight excluding hydrogens is 226 g/mol. The maximum absolute atomic E-state index is 13.5. The van der Waals surface area contributed by atoms with Gasteiger partial charge in [0.2, 0.25) is 0 Å². The monoisotopic (exact) mass is 242 g/mol. The molecule has 0 saturated heterocycles. The summed E-state index contributed by atoms with van der Waals surface area (Å²) in [6.07, 6.45) is 2.43. The summed E-state index contributed by atoms with van der Waals surface area (Å²) in [6, 6.07) is 2.78. The molecule has 5 heteroatoms. The summed E-state index contributed by atoms with van der Waals surface area (Å²) < 4.78 is 31.5. The Morgan fingerprint density at radius 1 is 1.24 bits per heavy atom. The Morgan fingerprint density at radius 2 is 2.00 bits per heavy atom. The smallest absolute Gasteiger partial charge is 0.167 e. The number of hydrogen-bond acceptors (Lipinski definition) is 3. The van der Waals surface area contributed by atoms with Crippen molar-refractivity contribution in [3.63, 3.8) is 0 Å². The molecule has 0 spiro atoms. The van der Waals surface area contributed by atoms with Crippen molar-refractivity contribution in [3.05, 3.63) is 23.8 Å². The van der Waals surface area contributed by atoms with Crippen LogP contribution in [0.4, 0.5) is 14.5 Å². The zero-order valence-electron chi connectivity index (χ0n) is 9.72. The summed E-state index contributed by atoms with van der Waals surface area (Å²) in [5.74, 6) is -1.15. The zero-order chi connectivity index (χ0) is 12.3. The van der Waals surface area contributed by atoms with Crippen LogP contribution in [0.2, 0.25) is 0 Å². The number of hydrogen-bond donors (Lipinski definition) is 2. The van der Waals surface area contributed by atoms with Crippen molar-refractivity contribution in [1.29, 1.82) is 0 Å². The summed E-state index contributed by atoms with van der Waals surface area (Å²) in [5, 5.41) is 6.14. The fourth-order valence-electron chi connectivity index (χ4n) is 1.58. The first-order valence-corrected chi connectivity index (χ1v) is 5.71. The molecule has 94 valence electrons. The van der Waals surface area contributed by atoms with Crippen LogP contribution in [0.15, 0.2) is 12.1 Å². The van der Waals surface area contributed by atoms with Crippen LogP contribution in [-0.4, -0.2) is 26.2 Å². The molecule has 0 unspecified atom stereocenters. The molecule has 1 aliphatic carbocycles. The van der Waals surface area contributed by atoms with Crippen molar-refractivity contribution >= 4 is 5.69 Å². The molecule has 17 heavy (non-hydrogen) atoms. The Kier molecular flexibility index (Phi) is 3.78. The van der Waals surface area contributed by atoms with Crippen LogP contribution in [0.25, 0.3) is 0 Å². The second kappa shape index (κ2) is 5.31. The zero-order valence-corrected chi connectivity index (χ0v) is 9.72. The minimum Gasteiger partial charge on any atom is -0.494 e. The van der Waals surface area contributed by atoms with E-state index < -0.39 is 11.6 Å². The topological polar surface area (TPSA) is 33.3 Å². The van der Waals surface area contributed by atoms with Crippen LogP contribution in [0.1, 0.15) is 12.8 Å². The van der Waals surface area contributed by atoms with E-state index in [4.69, 9.17) is 4.74 Å². The van der Waals surface area contributed by atoms with E-state index in [0.29, 0.717) is 12.6 Å². The highest BCUT2D eigenvalue weighted by molar-refractivity contribution is 5.48. The molecule has 0 bridgehead atoms. The van der Waals surface area contributed by atoms with Crippen molar-refractivity contribution in [2.45, 2.75) is 18.9 Å². The number of nitrogens with one attached hydrogen (secondary N) is 2. The molecule has 3 nitrogen and oxygen atoms in total. The standard InChI is InChI=1S/C12H16F2N2O/c1-17-12-7-9(13)11(6-10(12)14)16-5-4-15-8-2-3-8/h6-8,15-16H,2-5H2,1H3. The molecule has 1 aromatic carbocycles. The summed E-state index contributed by atoms with van der Waals surface area (Å²) in [7, 11) is 1.31. The maximum Gasteiger partial charge on any atom is 0.167 e. The minimum absolute atomic E-state index is 0.0795. The lowest BCUT2D eigenvalue weighted by Gasteiger charge is -2.10. The number of rotatable bonds is 6. The Morgan fingerprint density at radius 3 is 2.65 bits per heavy atom. The summed E-state index contributed by atoms with van der Waals surface area (Å²) in [5.41, 5.74) is 0.167. The van der Waals surface area contributed by atoms with Crippen molar-refractivity contribution < 1.29 is 13.5 Å². The lowest BCUT2D eigenvalue weighted by Crippen LogP contribution is -2.24. The van der Waals surface area contributed by atoms with E-state index >= 15 is 0 Å². The first-order chi connectivity index (χ1) is 8.20. The highest BCUT2D eigenvalue weighted by atomic mass is 19.1. The van der Waals surface area contributed by atoms with E-state index in [1.54, 1.807) is 0 Å². The Balaban J connectivity index is 1.88. The third kappa shape index (κ3) is 3.30. The normalized spacial score (nSPS) is 14.8. The van der Waals surface area contributed by atoms with Crippen LogP contribution < -0.4 is 15.4 Å². The van der Waals surface area contributed by atoms with E-state index in [1.807, 2.05) is 0 Å². The number of anilines is 1. The van der Waals surface area contributed by atoms with Crippen LogP contribution in [-0.2, 0) is 0 Å². The average Bonchev–Trinajstić information content (AvgIpc) is 3.12. The Labute approximate surface area is 99.2 Å². The predicted molar refractivity (Wildman–Crippen MR) is 62.4 cm³/mol. The van der Waals surface area contributed by atoms with Gasteiger partial charge in [-0.25, -0.2) is 8.78 Å². The van der Waals surface area contributed by atoms with E-state index in [9.17, 15) is 8.78 Å². The number of benzene rings is 1. The van der Waals surface area contributed by atoms with Gasteiger partial charge in [0, 0.05) is 31.3 Å². The third-order valence-corrected chi connectivity index (χ3v) is 2.69. The molecule has 2 rings (SSSR count). The van der Waals surface area contributed by atoms with Crippen molar-refractivity contribution in [1.82, 2.24) is 5.32 Å². The first kappa shape index (κ1) is 12.1. The SMILES string of the molecule is COc1cc(F)c(NCCNC2CC2)cc1F. The summed E-state index contributed by atoms with van der Waals surface area (Å²) >= 11 is 0. The van der Waals surface area contributed by atoms with E-state index in [2.05, 4.69) is 10.6 Å². The van der Waals surface area contributed by atoms with Gasteiger partial charge in [-0.3, -0.25) is 0 Å².